The molecule has 2 saturated carbocycles. The van der Waals surface area contributed by atoms with Crippen LogP contribution in [0.15, 0.2) is 0 Å². The fourth-order valence-corrected chi connectivity index (χ4v) is 3.14. The summed E-state index contributed by atoms with van der Waals surface area (Å²) in [5.74, 6) is 1.14. The van der Waals surface area contributed by atoms with E-state index in [0.29, 0.717) is 0 Å². The minimum atomic E-state index is 0.932. The Bertz CT molecular complexity index is 105. The predicted octanol–water partition coefficient (Wildman–Crippen LogP) is 2.61. The van der Waals surface area contributed by atoms with E-state index >= 15 is 0 Å². The Labute approximate surface area is 64.2 Å². The summed E-state index contributed by atoms with van der Waals surface area (Å²) in [7, 11) is 0. The number of rotatable bonds is 1. The van der Waals surface area contributed by atoms with Gasteiger partial charge in [-0.15, -0.1) is 0 Å². The van der Waals surface area contributed by atoms with Crippen LogP contribution in [0.1, 0.15) is 25.7 Å². The Balaban J connectivity index is 1.93. The van der Waals surface area contributed by atoms with E-state index in [0.717, 1.165) is 11.3 Å². The van der Waals surface area contributed by atoms with Gasteiger partial charge in [0.2, 0.25) is 0 Å². The molecule has 0 amide bonds. The molecule has 0 aliphatic heterocycles. The molecule has 2 aliphatic rings. The summed E-state index contributed by atoms with van der Waals surface area (Å²) in [4.78, 5) is 0. The van der Waals surface area contributed by atoms with Gasteiger partial charge in [0.1, 0.15) is 0 Å². The molecule has 0 saturated heterocycles. The Morgan fingerprint density at radius 2 is 2.25 bits per heavy atom. The van der Waals surface area contributed by atoms with Crippen LogP contribution in [0.2, 0.25) is 0 Å². The summed E-state index contributed by atoms with van der Waals surface area (Å²) in [5, 5.41) is 0. The third kappa shape index (κ3) is 0.568. The lowest BCUT2D eigenvalue weighted by Crippen LogP contribution is -2.14. The normalized spacial score (nSPS) is 39.4. The first-order valence-corrected chi connectivity index (χ1v) is 4.96. The molecule has 1 atom stereocenters. The van der Waals surface area contributed by atoms with Gasteiger partial charge in [0.25, 0.3) is 0 Å². The highest BCUT2D eigenvalue weighted by Crippen LogP contribution is 2.65. The van der Waals surface area contributed by atoms with Crippen LogP contribution in [0.3, 0.4) is 0 Å². The fraction of sp³-hybridized carbons (Fsp3) is 1.00. The lowest BCUT2D eigenvalue weighted by molar-refractivity contribution is 0.266. The van der Waals surface area contributed by atoms with Crippen LogP contribution in [0.4, 0.5) is 0 Å². The molecule has 0 radical (unpaired) electrons. The molecule has 1 heteroatoms. The van der Waals surface area contributed by atoms with Crippen LogP contribution >= 0.6 is 22.6 Å². The maximum Gasteiger partial charge on any atom is 0.00292 e. The Kier molecular flexibility index (Phi) is 1.11. The van der Waals surface area contributed by atoms with Crippen molar-refractivity contribution in [3.63, 3.8) is 0 Å². The largest absolute Gasteiger partial charge is 0.0861 e. The molecule has 0 aromatic rings. The van der Waals surface area contributed by atoms with E-state index in [2.05, 4.69) is 22.6 Å². The van der Waals surface area contributed by atoms with E-state index in [1.807, 2.05) is 0 Å². The zero-order valence-electron chi connectivity index (χ0n) is 4.99. The summed E-state index contributed by atoms with van der Waals surface area (Å²) in [5.41, 5.74) is 0.932. The molecule has 2 aliphatic carbocycles. The number of hydrogen-bond acceptors (Lipinski definition) is 0. The second-order valence-electron chi connectivity index (χ2n) is 3.27. The monoisotopic (exact) mass is 222 g/mol. The molecular formula is C7H11I. The molecule has 2 rings (SSSR count). The van der Waals surface area contributed by atoms with Crippen molar-refractivity contribution in [3.05, 3.63) is 0 Å². The highest BCUT2D eigenvalue weighted by atomic mass is 127. The van der Waals surface area contributed by atoms with Gasteiger partial charge in [-0.3, -0.25) is 0 Å². The van der Waals surface area contributed by atoms with Crippen LogP contribution in [-0.4, -0.2) is 4.43 Å². The maximum absolute atomic E-state index is 2.52. The molecule has 0 bridgehead atoms. The molecule has 0 aromatic heterocycles. The molecule has 2 fully saturated rings. The van der Waals surface area contributed by atoms with Gasteiger partial charge in [-0.05, 0) is 30.6 Å². The molecule has 0 aromatic carbocycles. The van der Waals surface area contributed by atoms with Gasteiger partial charge in [-0.2, -0.15) is 0 Å². The van der Waals surface area contributed by atoms with Crippen molar-refractivity contribution < 1.29 is 0 Å². The third-order valence-electron chi connectivity index (χ3n) is 2.89. The Hall–Kier alpha value is 0.730. The highest BCUT2D eigenvalue weighted by Gasteiger charge is 2.56. The topological polar surface area (TPSA) is 0 Å². The van der Waals surface area contributed by atoms with Gasteiger partial charge < -0.3 is 0 Å². The van der Waals surface area contributed by atoms with E-state index in [9.17, 15) is 0 Å². The summed E-state index contributed by atoms with van der Waals surface area (Å²) >= 11 is 2.52. The summed E-state index contributed by atoms with van der Waals surface area (Å²) in [6, 6.07) is 0. The molecule has 0 N–H and O–H groups in total. The third-order valence-corrected chi connectivity index (χ3v) is 3.96. The van der Waals surface area contributed by atoms with E-state index in [1.54, 1.807) is 19.3 Å². The SMILES string of the molecule is ICC1CC12CCC2. The Morgan fingerprint density at radius 1 is 1.50 bits per heavy atom. The van der Waals surface area contributed by atoms with Crippen molar-refractivity contribution in [1.29, 1.82) is 0 Å². The van der Waals surface area contributed by atoms with E-state index in [1.165, 1.54) is 10.8 Å². The predicted molar refractivity (Wildman–Crippen MR) is 43.3 cm³/mol. The first kappa shape index (κ1) is 5.51. The smallest absolute Gasteiger partial charge is 0.00292 e. The van der Waals surface area contributed by atoms with Crippen molar-refractivity contribution >= 4 is 22.6 Å². The lowest BCUT2D eigenvalue weighted by atomic mass is 9.80. The maximum atomic E-state index is 2.52. The van der Waals surface area contributed by atoms with Crippen molar-refractivity contribution in [2.75, 3.05) is 4.43 Å². The average Bonchev–Trinajstić information content (AvgIpc) is 2.36. The van der Waals surface area contributed by atoms with Crippen LogP contribution in [0.5, 0.6) is 0 Å². The minimum absolute atomic E-state index is 0.932. The molecular weight excluding hydrogens is 211 g/mol. The van der Waals surface area contributed by atoms with Crippen molar-refractivity contribution in [2.24, 2.45) is 11.3 Å². The minimum Gasteiger partial charge on any atom is -0.0861 e. The Morgan fingerprint density at radius 3 is 2.38 bits per heavy atom. The number of alkyl halides is 1. The lowest BCUT2D eigenvalue weighted by Gasteiger charge is -2.26. The molecule has 0 nitrogen and oxygen atoms in total. The summed E-state index contributed by atoms with van der Waals surface area (Å²) in [6.45, 7) is 0. The van der Waals surface area contributed by atoms with Gasteiger partial charge in [-0.25, -0.2) is 0 Å². The van der Waals surface area contributed by atoms with Gasteiger partial charge in [-0.1, -0.05) is 29.0 Å². The van der Waals surface area contributed by atoms with Crippen LogP contribution in [-0.2, 0) is 0 Å². The van der Waals surface area contributed by atoms with Crippen molar-refractivity contribution in [1.82, 2.24) is 0 Å². The number of hydrogen-bond donors (Lipinski definition) is 0. The quantitative estimate of drug-likeness (QED) is 0.472. The number of halogens is 1. The summed E-state index contributed by atoms with van der Waals surface area (Å²) < 4.78 is 1.41. The first-order valence-electron chi connectivity index (χ1n) is 3.43. The molecule has 0 heterocycles. The van der Waals surface area contributed by atoms with Gasteiger partial charge in [0.15, 0.2) is 0 Å². The standard InChI is InChI=1S/C7H11I/c8-5-6-4-7(6)2-1-3-7/h6H,1-5H2. The van der Waals surface area contributed by atoms with Crippen molar-refractivity contribution in [2.45, 2.75) is 25.7 Å². The van der Waals surface area contributed by atoms with E-state index in [-0.39, 0.29) is 0 Å². The molecule has 1 unspecified atom stereocenters. The van der Waals surface area contributed by atoms with E-state index < -0.39 is 0 Å². The zero-order chi connectivity index (χ0) is 5.61. The summed E-state index contributed by atoms with van der Waals surface area (Å²) in [6.07, 6.45) is 6.20. The van der Waals surface area contributed by atoms with Gasteiger partial charge in [0.05, 0.1) is 0 Å². The van der Waals surface area contributed by atoms with Crippen LogP contribution < -0.4 is 0 Å². The zero-order valence-corrected chi connectivity index (χ0v) is 7.15. The van der Waals surface area contributed by atoms with Crippen LogP contribution in [0, 0.1) is 11.3 Å². The van der Waals surface area contributed by atoms with Gasteiger partial charge >= 0.3 is 0 Å². The molecule has 8 heavy (non-hydrogen) atoms. The first-order chi connectivity index (χ1) is 3.87. The van der Waals surface area contributed by atoms with Gasteiger partial charge in [0, 0.05) is 4.43 Å². The van der Waals surface area contributed by atoms with Crippen LogP contribution in [0.25, 0.3) is 0 Å². The second kappa shape index (κ2) is 1.61. The fourth-order valence-electron chi connectivity index (χ4n) is 1.89. The van der Waals surface area contributed by atoms with Crippen molar-refractivity contribution in [3.8, 4) is 0 Å². The molecule has 1 spiro atoms. The highest BCUT2D eigenvalue weighted by molar-refractivity contribution is 14.1. The average molecular weight is 222 g/mol. The second-order valence-corrected chi connectivity index (χ2v) is 4.15. The molecule has 46 valence electrons. The van der Waals surface area contributed by atoms with E-state index in [4.69, 9.17) is 0 Å².